The van der Waals surface area contributed by atoms with E-state index in [2.05, 4.69) is 9.97 Å². The monoisotopic (exact) mass is 445 g/mol. The SMILES string of the molecule is COCOc1ccc(-c2nc(-c3ccc(O)cc3)nc(-c3ccc(OCOC)cc3)n2)cc1. The molecule has 1 N–H and O–H groups in total. The number of aromatic hydroxyl groups is 1. The minimum absolute atomic E-state index is 0.171. The van der Waals surface area contributed by atoms with E-state index in [4.69, 9.17) is 23.9 Å². The van der Waals surface area contributed by atoms with Crippen LogP contribution in [0, 0.1) is 0 Å². The second-order valence-corrected chi connectivity index (χ2v) is 7.00. The Labute approximate surface area is 191 Å². The standard InChI is InChI=1S/C25H23N3O5/c1-30-15-32-21-11-5-18(6-12-21)24-26-23(17-3-9-20(29)10-4-17)27-25(28-24)19-7-13-22(14-8-19)33-16-31-2/h3-14,29H,15-16H2,1-2H3. The lowest BCUT2D eigenvalue weighted by atomic mass is 10.1. The lowest BCUT2D eigenvalue weighted by Gasteiger charge is -2.10. The molecule has 0 bridgehead atoms. The average molecular weight is 445 g/mol. The molecule has 0 saturated heterocycles. The molecule has 0 amide bonds. The number of hydrogen-bond donors (Lipinski definition) is 1. The Bertz CT molecular complexity index is 1110. The highest BCUT2D eigenvalue weighted by Crippen LogP contribution is 2.27. The van der Waals surface area contributed by atoms with Crippen LogP contribution in [0.15, 0.2) is 72.8 Å². The quantitative estimate of drug-likeness (QED) is 0.375. The maximum absolute atomic E-state index is 9.65. The molecule has 0 saturated carbocycles. The first-order chi connectivity index (χ1) is 16.2. The molecule has 0 aliphatic rings. The summed E-state index contributed by atoms with van der Waals surface area (Å²) in [5.74, 6) is 3.06. The first kappa shape index (κ1) is 22.2. The lowest BCUT2D eigenvalue weighted by Crippen LogP contribution is -2.01. The van der Waals surface area contributed by atoms with Gasteiger partial charge in [-0.15, -0.1) is 0 Å². The van der Waals surface area contributed by atoms with Crippen LogP contribution in [0.5, 0.6) is 17.2 Å². The zero-order chi connectivity index (χ0) is 23.0. The number of methoxy groups -OCH3 is 2. The molecule has 8 nitrogen and oxygen atoms in total. The van der Waals surface area contributed by atoms with Crippen molar-refractivity contribution in [1.29, 1.82) is 0 Å². The third kappa shape index (κ3) is 5.62. The molecule has 4 aromatic rings. The summed E-state index contributed by atoms with van der Waals surface area (Å²) in [6, 6.07) is 21.6. The molecule has 8 heteroatoms. The van der Waals surface area contributed by atoms with Crippen LogP contribution in [-0.2, 0) is 9.47 Å². The third-order valence-corrected chi connectivity index (χ3v) is 4.67. The zero-order valence-corrected chi connectivity index (χ0v) is 18.3. The predicted octanol–water partition coefficient (Wildman–Crippen LogP) is 4.54. The van der Waals surface area contributed by atoms with Crippen LogP contribution >= 0.6 is 0 Å². The molecule has 0 spiro atoms. The topological polar surface area (TPSA) is 95.8 Å². The van der Waals surface area contributed by atoms with Crippen LogP contribution in [0.25, 0.3) is 34.2 Å². The van der Waals surface area contributed by atoms with Gasteiger partial charge in [0.2, 0.25) is 0 Å². The smallest absolute Gasteiger partial charge is 0.188 e. The van der Waals surface area contributed by atoms with Crippen molar-refractivity contribution in [2.75, 3.05) is 27.8 Å². The number of aromatic nitrogens is 3. The van der Waals surface area contributed by atoms with Crippen molar-refractivity contribution in [1.82, 2.24) is 15.0 Å². The molecule has 4 rings (SSSR count). The predicted molar refractivity (Wildman–Crippen MR) is 123 cm³/mol. The summed E-state index contributed by atoms with van der Waals surface area (Å²) < 4.78 is 20.8. The Morgan fingerprint density at radius 1 is 0.545 bits per heavy atom. The fourth-order valence-electron chi connectivity index (χ4n) is 3.03. The number of rotatable bonds is 9. The minimum atomic E-state index is 0.171. The molecule has 3 aromatic carbocycles. The fraction of sp³-hybridized carbons (Fsp3) is 0.160. The van der Waals surface area contributed by atoms with Crippen molar-refractivity contribution in [2.24, 2.45) is 0 Å². The molecular formula is C25H23N3O5. The normalized spacial score (nSPS) is 10.7. The summed E-state index contributed by atoms with van der Waals surface area (Å²) in [7, 11) is 3.14. The van der Waals surface area contributed by atoms with Crippen molar-refractivity contribution in [3.8, 4) is 51.4 Å². The maximum atomic E-state index is 9.65. The van der Waals surface area contributed by atoms with Gasteiger partial charge >= 0.3 is 0 Å². The van der Waals surface area contributed by atoms with Gasteiger partial charge < -0.3 is 24.1 Å². The number of phenolic OH excluding ortho intramolecular Hbond substituents is 1. The first-order valence-corrected chi connectivity index (χ1v) is 10.2. The van der Waals surface area contributed by atoms with E-state index in [1.807, 2.05) is 48.5 Å². The maximum Gasteiger partial charge on any atom is 0.188 e. The highest BCUT2D eigenvalue weighted by molar-refractivity contribution is 5.67. The van der Waals surface area contributed by atoms with Crippen LogP contribution in [0.2, 0.25) is 0 Å². The molecule has 0 aliphatic carbocycles. The number of hydrogen-bond acceptors (Lipinski definition) is 8. The van der Waals surface area contributed by atoms with Crippen molar-refractivity contribution < 1.29 is 24.1 Å². The van der Waals surface area contributed by atoms with Crippen molar-refractivity contribution >= 4 is 0 Å². The number of phenols is 1. The molecule has 0 atom stereocenters. The fourth-order valence-corrected chi connectivity index (χ4v) is 3.03. The van der Waals surface area contributed by atoms with Crippen LogP contribution < -0.4 is 9.47 Å². The second kappa shape index (κ2) is 10.5. The van der Waals surface area contributed by atoms with Crippen LogP contribution in [0.1, 0.15) is 0 Å². The van der Waals surface area contributed by atoms with Crippen LogP contribution in [-0.4, -0.2) is 47.9 Å². The van der Waals surface area contributed by atoms with E-state index in [0.29, 0.717) is 29.0 Å². The van der Waals surface area contributed by atoms with Crippen LogP contribution in [0.4, 0.5) is 0 Å². The van der Waals surface area contributed by atoms with E-state index < -0.39 is 0 Å². The average Bonchev–Trinajstić information content (AvgIpc) is 2.87. The van der Waals surface area contributed by atoms with Gasteiger partial charge in [0.05, 0.1) is 0 Å². The van der Waals surface area contributed by atoms with Crippen LogP contribution in [0.3, 0.4) is 0 Å². The molecule has 168 valence electrons. The molecule has 0 aliphatic heterocycles. The molecular weight excluding hydrogens is 422 g/mol. The van der Waals surface area contributed by atoms with E-state index in [-0.39, 0.29) is 19.3 Å². The Kier molecular flexibility index (Phi) is 7.09. The van der Waals surface area contributed by atoms with Gasteiger partial charge in [-0.1, -0.05) is 0 Å². The Balaban J connectivity index is 1.73. The summed E-state index contributed by atoms with van der Waals surface area (Å²) >= 11 is 0. The summed E-state index contributed by atoms with van der Waals surface area (Å²) in [6.45, 7) is 0.342. The Hall–Kier alpha value is -4.01. The molecule has 0 radical (unpaired) electrons. The lowest BCUT2D eigenvalue weighted by molar-refractivity contribution is 0.0510. The van der Waals surface area contributed by atoms with E-state index in [1.165, 1.54) is 0 Å². The number of benzene rings is 3. The largest absolute Gasteiger partial charge is 0.508 e. The second-order valence-electron chi connectivity index (χ2n) is 7.00. The van der Waals surface area contributed by atoms with Gasteiger partial charge in [0.15, 0.2) is 31.1 Å². The minimum Gasteiger partial charge on any atom is -0.508 e. The van der Waals surface area contributed by atoms with Gasteiger partial charge in [-0.2, -0.15) is 0 Å². The van der Waals surface area contributed by atoms with Gasteiger partial charge in [0.25, 0.3) is 0 Å². The van der Waals surface area contributed by atoms with E-state index in [1.54, 1.807) is 38.5 Å². The highest BCUT2D eigenvalue weighted by Gasteiger charge is 2.13. The summed E-state index contributed by atoms with van der Waals surface area (Å²) in [4.78, 5) is 14.0. The van der Waals surface area contributed by atoms with E-state index in [0.717, 1.165) is 16.7 Å². The molecule has 0 fully saturated rings. The summed E-state index contributed by atoms with van der Waals surface area (Å²) in [6.07, 6.45) is 0. The molecule has 0 unspecified atom stereocenters. The van der Waals surface area contributed by atoms with Gasteiger partial charge in [0, 0.05) is 30.9 Å². The third-order valence-electron chi connectivity index (χ3n) is 4.67. The molecule has 33 heavy (non-hydrogen) atoms. The van der Waals surface area contributed by atoms with Gasteiger partial charge in [0.1, 0.15) is 17.2 Å². The van der Waals surface area contributed by atoms with Crippen molar-refractivity contribution in [2.45, 2.75) is 0 Å². The van der Waals surface area contributed by atoms with Gasteiger partial charge in [-0.25, -0.2) is 15.0 Å². The first-order valence-electron chi connectivity index (χ1n) is 10.2. The highest BCUT2D eigenvalue weighted by atomic mass is 16.7. The van der Waals surface area contributed by atoms with E-state index in [9.17, 15) is 5.11 Å². The Morgan fingerprint density at radius 2 is 0.879 bits per heavy atom. The van der Waals surface area contributed by atoms with Crippen molar-refractivity contribution in [3.63, 3.8) is 0 Å². The van der Waals surface area contributed by atoms with E-state index >= 15 is 0 Å². The number of ether oxygens (including phenoxy) is 4. The summed E-state index contributed by atoms with van der Waals surface area (Å²) in [5, 5.41) is 9.65. The van der Waals surface area contributed by atoms with Gasteiger partial charge in [-0.05, 0) is 72.8 Å². The molecule has 1 heterocycles. The van der Waals surface area contributed by atoms with Crippen molar-refractivity contribution in [3.05, 3.63) is 72.8 Å². The number of nitrogens with zero attached hydrogens (tertiary/aromatic N) is 3. The zero-order valence-electron chi connectivity index (χ0n) is 18.3. The van der Waals surface area contributed by atoms with Gasteiger partial charge in [-0.3, -0.25) is 0 Å². The molecule has 1 aromatic heterocycles. The summed E-state index contributed by atoms with van der Waals surface area (Å²) in [5.41, 5.74) is 2.38. The Morgan fingerprint density at radius 3 is 1.21 bits per heavy atom.